The summed E-state index contributed by atoms with van der Waals surface area (Å²) in [7, 11) is 0. The van der Waals surface area contributed by atoms with Gasteiger partial charge in [-0.1, -0.05) is 18.2 Å². The number of para-hydroxylation sites is 1. The molecule has 0 spiro atoms. The van der Waals surface area contributed by atoms with Crippen LogP contribution in [0, 0.1) is 10.5 Å². The molecule has 0 atom stereocenters. The number of fused-ring (bicyclic) bond motifs is 1. The summed E-state index contributed by atoms with van der Waals surface area (Å²) in [5.41, 5.74) is 2.18. The van der Waals surface area contributed by atoms with Crippen molar-refractivity contribution in [1.82, 2.24) is 4.98 Å². The molecule has 2 rings (SSSR count). The summed E-state index contributed by atoms with van der Waals surface area (Å²) in [5.74, 6) is 0. The predicted molar refractivity (Wildman–Crippen MR) is 66.4 cm³/mol. The third-order valence-corrected chi connectivity index (χ3v) is 2.94. The van der Waals surface area contributed by atoms with E-state index < -0.39 is 0 Å². The Bertz CT molecular complexity index is 388. The van der Waals surface area contributed by atoms with Crippen LogP contribution in [-0.4, -0.2) is 4.98 Å². The number of benzene rings is 1. The van der Waals surface area contributed by atoms with E-state index in [9.17, 15) is 0 Å². The van der Waals surface area contributed by atoms with Crippen LogP contribution in [0.2, 0.25) is 0 Å². The molecule has 1 nitrogen and oxygen atoms in total. The molecule has 0 saturated heterocycles. The number of pyridine rings is 1. The molecule has 0 aliphatic carbocycles. The molecule has 0 aliphatic rings. The highest BCUT2D eigenvalue weighted by Gasteiger charge is 1.98. The van der Waals surface area contributed by atoms with Gasteiger partial charge < -0.3 is 0 Å². The Kier molecular flexibility index (Phi) is 3.50. The Morgan fingerprint density at radius 3 is 2.69 bits per heavy atom. The maximum absolute atomic E-state index is 4.47. The summed E-state index contributed by atoms with van der Waals surface area (Å²) < 4.78 is 1.23. The number of halogens is 2. The van der Waals surface area contributed by atoms with E-state index in [4.69, 9.17) is 0 Å². The number of hydrogen-bond donors (Lipinski definition) is 0. The van der Waals surface area contributed by atoms with Crippen LogP contribution in [0.25, 0.3) is 10.9 Å². The molecule has 1 aromatic heterocycles. The second-order valence-corrected chi connectivity index (χ2v) is 3.91. The highest BCUT2D eigenvalue weighted by Crippen LogP contribution is 2.17. The SMILES string of the molecule is Cc1nc2ccccc2cc1I.Cl. The molecule has 0 radical (unpaired) electrons. The van der Waals surface area contributed by atoms with Gasteiger partial charge in [-0.2, -0.15) is 0 Å². The van der Waals surface area contributed by atoms with Crippen LogP contribution >= 0.6 is 35.0 Å². The zero-order chi connectivity index (χ0) is 8.55. The van der Waals surface area contributed by atoms with E-state index in [1.165, 1.54) is 8.96 Å². The van der Waals surface area contributed by atoms with Crippen LogP contribution in [0.5, 0.6) is 0 Å². The first-order valence-corrected chi connectivity index (χ1v) is 4.87. The van der Waals surface area contributed by atoms with Gasteiger partial charge >= 0.3 is 0 Å². The summed E-state index contributed by atoms with van der Waals surface area (Å²) in [5, 5.41) is 1.22. The van der Waals surface area contributed by atoms with Crippen LogP contribution in [0.1, 0.15) is 5.69 Å². The Hall–Kier alpha value is -0.350. The summed E-state index contributed by atoms with van der Waals surface area (Å²) in [4.78, 5) is 4.47. The standard InChI is InChI=1S/C10H8IN.ClH/c1-7-9(11)6-8-4-2-3-5-10(8)12-7;/h2-6H,1H3;1H. The fourth-order valence-electron chi connectivity index (χ4n) is 1.19. The molecule has 0 aliphatic heterocycles. The number of nitrogens with zero attached hydrogens (tertiary/aromatic N) is 1. The molecule has 1 aromatic carbocycles. The fourth-order valence-corrected chi connectivity index (χ4v) is 1.64. The average molecular weight is 306 g/mol. The predicted octanol–water partition coefficient (Wildman–Crippen LogP) is 3.57. The molecule has 1 heterocycles. The van der Waals surface area contributed by atoms with E-state index in [0.717, 1.165) is 11.2 Å². The lowest BCUT2D eigenvalue weighted by Gasteiger charge is -2.00. The van der Waals surface area contributed by atoms with Gasteiger partial charge in [0.1, 0.15) is 0 Å². The molecular weight excluding hydrogens is 296 g/mol. The highest BCUT2D eigenvalue weighted by molar-refractivity contribution is 14.1. The third kappa shape index (κ3) is 2.11. The molecule has 0 N–H and O–H groups in total. The topological polar surface area (TPSA) is 12.9 Å². The lowest BCUT2D eigenvalue weighted by Crippen LogP contribution is -1.86. The summed E-state index contributed by atoms with van der Waals surface area (Å²) in [6.45, 7) is 2.04. The highest BCUT2D eigenvalue weighted by atomic mass is 127. The Morgan fingerprint density at radius 1 is 1.23 bits per heavy atom. The first-order chi connectivity index (χ1) is 5.77. The molecule has 13 heavy (non-hydrogen) atoms. The molecule has 2 aromatic rings. The normalized spacial score (nSPS) is 9.69. The van der Waals surface area contributed by atoms with Gasteiger partial charge in [0.2, 0.25) is 0 Å². The minimum atomic E-state index is 0. The molecule has 3 heteroatoms. The monoisotopic (exact) mass is 305 g/mol. The average Bonchev–Trinajstić information content (AvgIpc) is 2.07. The lowest BCUT2D eigenvalue weighted by atomic mass is 10.2. The zero-order valence-electron chi connectivity index (χ0n) is 7.12. The van der Waals surface area contributed by atoms with Crippen molar-refractivity contribution < 1.29 is 0 Å². The summed E-state index contributed by atoms with van der Waals surface area (Å²) in [6.07, 6.45) is 0. The minimum absolute atomic E-state index is 0. The number of aryl methyl sites for hydroxylation is 1. The summed E-state index contributed by atoms with van der Waals surface area (Å²) >= 11 is 2.31. The second kappa shape index (κ2) is 4.24. The molecule has 0 fully saturated rings. The maximum atomic E-state index is 4.47. The van der Waals surface area contributed by atoms with Gasteiger partial charge in [0.05, 0.1) is 11.2 Å². The van der Waals surface area contributed by atoms with Gasteiger partial charge in [-0.3, -0.25) is 4.98 Å². The second-order valence-electron chi connectivity index (χ2n) is 2.75. The van der Waals surface area contributed by atoms with Crippen molar-refractivity contribution in [2.24, 2.45) is 0 Å². The third-order valence-electron chi connectivity index (χ3n) is 1.85. The lowest BCUT2D eigenvalue weighted by molar-refractivity contribution is 1.23. The molecule has 0 bridgehead atoms. The minimum Gasteiger partial charge on any atom is -0.252 e. The van der Waals surface area contributed by atoms with E-state index in [1.807, 2.05) is 25.1 Å². The quantitative estimate of drug-likeness (QED) is 0.678. The van der Waals surface area contributed by atoms with Gasteiger partial charge in [0, 0.05) is 8.96 Å². The van der Waals surface area contributed by atoms with Crippen LogP contribution in [0.3, 0.4) is 0 Å². The van der Waals surface area contributed by atoms with Gasteiger partial charge in [0.15, 0.2) is 0 Å². The molecule has 68 valence electrons. The van der Waals surface area contributed by atoms with E-state index in [2.05, 4.69) is 39.7 Å². The first-order valence-electron chi connectivity index (χ1n) is 3.79. The van der Waals surface area contributed by atoms with Gasteiger partial charge in [0.25, 0.3) is 0 Å². The number of rotatable bonds is 0. The number of aromatic nitrogens is 1. The van der Waals surface area contributed by atoms with Crippen molar-refractivity contribution >= 4 is 45.9 Å². The fraction of sp³-hybridized carbons (Fsp3) is 0.100. The molecule has 0 unspecified atom stereocenters. The van der Waals surface area contributed by atoms with Crippen LogP contribution < -0.4 is 0 Å². The van der Waals surface area contributed by atoms with Crippen LogP contribution in [-0.2, 0) is 0 Å². The maximum Gasteiger partial charge on any atom is 0.0705 e. The van der Waals surface area contributed by atoms with Crippen molar-refractivity contribution in [1.29, 1.82) is 0 Å². The number of hydrogen-bond acceptors (Lipinski definition) is 1. The van der Waals surface area contributed by atoms with Crippen molar-refractivity contribution in [3.63, 3.8) is 0 Å². The molecular formula is C10H9ClIN. The van der Waals surface area contributed by atoms with E-state index in [-0.39, 0.29) is 12.4 Å². The molecule has 0 amide bonds. The van der Waals surface area contributed by atoms with Crippen LogP contribution in [0.4, 0.5) is 0 Å². The van der Waals surface area contributed by atoms with Gasteiger partial charge in [-0.25, -0.2) is 0 Å². The van der Waals surface area contributed by atoms with Gasteiger partial charge in [-0.05, 0) is 41.6 Å². The summed E-state index contributed by atoms with van der Waals surface area (Å²) in [6, 6.07) is 10.3. The van der Waals surface area contributed by atoms with Crippen molar-refractivity contribution in [3.05, 3.63) is 39.6 Å². The Morgan fingerprint density at radius 2 is 1.92 bits per heavy atom. The van der Waals surface area contributed by atoms with E-state index in [0.29, 0.717) is 0 Å². The van der Waals surface area contributed by atoms with Crippen molar-refractivity contribution in [2.75, 3.05) is 0 Å². The Balaban J connectivity index is 0.000000845. The van der Waals surface area contributed by atoms with E-state index >= 15 is 0 Å². The van der Waals surface area contributed by atoms with Crippen molar-refractivity contribution in [2.45, 2.75) is 6.92 Å². The van der Waals surface area contributed by atoms with Crippen molar-refractivity contribution in [3.8, 4) is 0 Å². The first kappa shape index (κ1) is 10.7. The van der Waals surface area contributed by atoms with Crippen LogP contribution in [0.15, 0.2) is 30.3 Å². The smallest absolute Gasteiger partial charge is 0.0705 e. The molecule has 0 saturated carbocycles. The van der Waals surface area contributed by atoms with E-state index in [1.54, 1.807) is 0 Å². The van der Waals surface area contributed by atoms with Gasteiger partial charge in [-0.15, -0.1) is 12.4 Å². The Labute approximate surface area is 97.1 Å². The largest absolute Gasteiger partial charge is 0.252 e. The zero-order valence-corrected chi connectivity index (χ0v) is 10.1.